The Morgan fingerprint density at radius 3 is 2.29 bits per heavy atom. The maximum absolute atomic E-state index is 13.7. The molecule has 0 bridgehead atoms. The topological polar surface area (TPSA) is 37.6 Å². The van der Waals surface area contributed by atoms with E-state index in [-0.39, 0.29) is 5.91 Å². The molecule has 0 unspecified atom stereocenters. The Morgan fingerprint density at radius 2 is 1.62 bits per heavy atom. The van der Waals surface area contributed by atoms with Crippen LogP contribution in [0, 0.1) is 13.8 Å². The standard InChI is InChI=1S/C28H34BrN3OS/c1-19-17-21(20(2)31(19)25-15-13-22(29)14-16-25)18-26-27(33)32(24-11-7-4-8-12-24)28(34-26)30-23-9-5-3-6-10-23/h13-18,23-24H,3-12H2,1-2H3. The maximum Gasteiger partial charge on any atom is 0.267 e. The molecule has 4 nitrogen and oxygen atoms in total. The van der Waals surface area contributed by atoms with Crippen LogP contribution < -0.4 is 0 Å². The van der Waals surface area contributed by atoms with E-state index in [2.05, 4.69) is 75.7 Å². The fourth-order valence-corrected chi connectivity index (χ4v) is 7.03. The number of thioether (sulfide) groups is 1. The number of benzene rings is 1. The SMILES string of the molecule is Cc1cc(C=C2SC(=NC3CCCCC3)N(C3CCCCC3)C2=O)c(C)n1-c1ccc(Br)cc1. The summed E-state index contributed by atoms with van der Waals surface area (Å²) >= 11 is 5.13. The van der Waals surface area contributed by atoms with Gasteiger partial charge >= 0.3 is 0 Å². The fraction of sp³-hybridized carbons (Fsp3) is 0.500. The first-order chi connectivity index (χ1) is 16.5. The second-order valence-corrected chi connectivity index (χ2v) is 11.8. The van der Waals surface area contributed by atoms with Gasteiger partial charge in [-0.2, -0.15) is 0 Å². The molecule has 6 heteroatoms. The van der Waals surface area contributed by atoms with Crippen molar-refractivity contribution in [2.75, 3.05) is 0 Å². The fourth-order valence-electron chi connectivity index (χ4n) is 5.67. The van der Waals surface area contributed by atoms with Crippen LogP contribution in [0.2, 0.25) is 0 Å². The normalized spacial score (nSPS) is 22.9. The van der Waals surface area contributed by atoms with Crippen LogP contribution in [-0.4, -0.2) is 32.6 Å². The summed E-state index contributed by atoms with van der Waals surface area (Å²) in [5.74, 6) is 0.153. The highest BCUT2D eigenvalue weighted by molar-refractivity contribution is 9.10. The van der Waals surface area contributed by atoms with Gasteiger partial charge in [-0.15, -0.1) is 0 Å². The van der Waals surface area contributed by atoms with E-state index >= 15 is 0 Å². The number of nitrogens with zero attached hydrogens (tertiary/aromatic N) is 3. The minimum absolute atomic E-state index is 0.153. The van der Waals surface area contributed by atoms with Gasteiger partial charge in [-0.1, -0.05) is 54.5 Å². The Hall–Kier alpha value is -1.79. The second-order valence-electron chi connectivity index (χ2n) is 9.92. The van der Waals surface area contributed by atoms with Crippen LogP contribution in [0.1, 0.15) is 81.2 Å². The lowest BCUT2D eigenvalue weighted by Gasteiger charge is -2.31. The minimum Gasteiger partial charge on any atom is -0.318 e. The molecule has 34 heavy (non-hydrogen) atoms. The average Bonchev–Trinajstić information content (AvgIpc) is 3.30. The van der Waals surface area contributed by atoms with Gasteiger partial charge in [0.15, 0.2) is 5.17 Å². The highest BCUT2D eigenvalue weighted by atomic mass is 79.9. The average molecular weight is 541 g/mol. The van der Waals surface area contributed by atoms with Crippen LogP contribution >= 0.6 is 27.7 Å². The number of hydrogen-bond donors (Lipinski definition) is 0. The highest BCUT2D eigenvalue weighted by Gasteiger charge is 2.39. The lowest BCUT2D eigenvalue weighted by molar-refractivity contribution is -0.124. The van der Waals surface area contributed by atoms with Crippen molar-refractivity contribution in [3.05, 3.63) is 56.7 Å². The summed E-state index contributed by atoms with van der Waals surface area (Å²) in [7, 11) is 0. The third-order valence-electron chi connectivity index (χ3n) is 7.49. The summed E-state index contributed by atoms with van der Waals surface area (Å²) in [5, 5.41) is 0.955. The smallest absolute Gasteiger partial charge is 0.267 e. The third kappa shape index (κ3) is 4.94. The molecule has 2 saturated carbocycles. The monoisotopic (exact) mass is 539 g/mol. The lowest BCUT2D eigenvalue weighted by Crippen LogP contribution is -2.41. The van der Waals surface area contributed by atoms with Crippen molar-refractivity contribution in [2.24, 2.45) is 4.99 Å². The van der Waals surface area contributed by atoms with Crippen molar-refractivity contribution in [3.63, 3.8) is 0 Å². The van der Waals surface area contributed by atoms with E-state index in [1.165, 1.54) is 44.2 Å². The van der Waals surface area contributed by atoms with Gasteiger partial charge < -0.3 is 4.57 Å². The van der Waals surface area contributed by atoms with Gasteiger partial charge in [-0.3, -0.25) is 14.7 Å². The first kappa shape index (κ1) is 23.9. The molecule has 0 N–H and O–H groups in total. The van der Waals surface area contributed by atoms with Crippen molar-refractivity contribution < 1.29 is 4.79 Å². The van der Waals surface area contributed by atoms with Crippen LogP contribution in [0.25, 0.3) is 11.8 Å². The Morgan fingerprint density at radius 1 is 0.971 bits per heavy atom. The second kappa shape index (κ2) is 10.4. The molecule has 2 aromatic rings. The van der Waals surface area contributed by atoms with Crippen molar-refractivity contribution in [1.82, 2.24) is 9.47 Å². The third-order valence-corrected chi connectivity index (χ3v) is 9.01. The van der Waals surface area contributed by atoms with Crippen molar-refractivity contribution in [2.45, 2.75) is 90.1 Å². The summed E-state index contributed by atoms with van der Waals surface area (Å²) in [6, 6.07) is 11.2. The number of hydrogen-bond acceptors (Lipinski definition) is 3. The molecule has 1 aromatic carbocycles. The van der Waals surface area contributed by atoms with Gasteiger partial charge in [0.2, 0.25) is 0 Å². The number of aromatic nitrogens is 1. The molecule has 1 aliphatic heterocycles. The summed E-state index contributed by atoms with van der Waals surface area (Å²) in [5.41, 5.74) is 4.57. The van der Waals surface area contributed by atoms with E-state index in [4.69, 9.17) is 4.99 Å². The van der Waals surface area contributed by atoms with Crippen LogP contribution in [0.15, 0.2) is 44.7 Å². The van der Waals surface area contributed by atoms with Crippen molar-refractivity contribution in [3.8, 4) is 5.69 Å². The van der Waals surface area contributed by atoms with Gasteiger partial charge in [0.05, 0.1) is 10.9 Å². The van der Waals surface area contributed by atoms with E-state index in [9.17, 15) is 4.79 Å². The molecule has 3 fully saturated rings. The largest absolute Gasteiger partial charge is 0.318 e. The summed E-state index contributed by atoms with van der Waals surface area (Å²) in [6.07, 6.45) is 14.2. The van der Waals surface area contributed by atoms with Gasteiger partial charge in [0.25, 0.3) is 5.91 Å². The first-order valence-electron chi connectivity index (χ1n) is 12.8. The number of rotatable bonds is 4. The number of halogens is 1. The highest BCUT2D eigenvalue weighted by Crippen LogP contribution is 2.39. The van der Waals surface area contributed by atoms with Crippen LogP contribution in [0.5, 0.6) is 0 Å². The quantitative estimate of drug-likeness (QED) is 0.371. The van der Waals surface area contributed by atoms with Gasteiger partial charge in [0.1, 0.15) is 0 Å². The predicted molar refractivity (Wildman–Crippen MR) is 147 cm³/mol. The molecule has 180 valence electrons. The zero-order chi connectivity index (χ0) is 23.7. The predicted octanol–water partition coefficient (Wildman–Crippen LogP) is 7.79. The lowest BCUT2D eigenvalue weighted by atomic mass is 9.94. The van der Waals surface area contributed by atoms with Crippen molar-refractivity contribution in [1.29, 1.82) is 0 Å². The van der Waals surface area contributed by atoms with E-state index in [1.54, 1.807) is 11.8 Å². The summed E-state index contributed by atoms with van der Waals surface area (Å²) in [6.45, 7) is 4.27. The first-order valence-corrected chi connectivity index (χ1v) is 14.4. The zero-order valence-corrected chi connectivity index (χ0v) is 22.6. The number of aryl methyl sites for hydroxylation is 1. The van der Waals surface area contributed by atoms with Crippen LogP contribution in [-0.2, 0) is 4.79 Å². The Kier molecular flexibility index (Phi) is 7.35. The number of carbonyl (C=O) groups is 1. The van der Waals surface area contributed by atoms with E-state index in [0.29, 0.717) is 12.1 Å². The molecule has 3 aliphatic rings. The molecule has 0 radical (unpaired) electrons. The molecule has 0 spiro atoms. The van der Waals surface area contributed by atoms with Gasteiger partial charge in [-0.25, -0.2) is 0 Å². The molecule has 1 amide bonds. The van der Waals surface area contributed by atoms with E-state index < -0.39 is 0 Å². The molecule has 2 heterocycles. The van der Waals surface area contributed by atoms with Crippen LogP contribution in [0.4, 0.5) is 0 Å². The Bertz CT molecular complexity index is 1110. The molecule has 1 saturated heterocycles. The molecule has 5 rings (SSSR count). The molecular weight excluding hydrogens is 506 g/mol. The van der Waals surface area contributed by atoms with Gasteiger partial charge in [0, 0.05) is 27.6 Å². The Balaban J connectivity index is 1.48. The molecule has 2 aliphatic carbocycles. The number of aliphatic imine (C=N–C) groups is 1. The molecule has 1 aromatic heterocycles. The zero-order valence-electron chi connectivity index (χ0n) is 20.2. The number of carbonyl (C=O) groups excluding carboxylic acids is 1. The Labute approximate surface area is 216 Å². The van der Waals surface area contributed by atoms with E-state index in [1.807, 2.05) is 0 Å². The van der Waals surface area contributed by atoms with Crippen molar-refractivity contribution >= 4 is 44.8 Å². The number of amidine groups is 1. The number of amides is 1. The minimum atomic E-state index is 0.153. The summed E-state index contributed by atoms with van der Waals surface area (Å²) < 4.78 is 3.33. The van der Waals surface area contributed by atoms with E-state index in [0.717, 1.165) is 57.2 Å². The van der Waals surface area contributed by atoms with Crippen LogP contribution in [0.3, 0.4) is 0 Å². The summed E-state index contributed by atoms with van der Waals surface area (Å²) in [4.78, 5) is 21.8. The molecular formula is C28H34BrN3OS. The molecule has 0 atom stereocenters. The maximum atomic E-state index is 13.7. The van der Waals surface area contributed by atoms with Gasteiger partial charge in [-0.05, 0) is 93.3 Å².